The first kappa shape index (κ1) is 18.1. The predicted molar refractivity (Wildman–Crippen MR) is 100 cm³/mol. The van der Waals surface area contributed by atoms with E-state index in [-0.39, 0.29) is 12.1 Å². The number of halogens is 1. The molecule has 0 saturated heterocycles. The highest BCUT2D eigenvalue weighted by Crippen LogP contribution is 2.22. The van der Waals surface area contributed by atoms with Gasteiger partial charge in [-0.3, -0.25) is 9.36 Å². The van der Waals surface area contributed by atoms with Crippen molar-refractivity contribution in [1.82, 2.24) is 20.1 Å². The lowest BCUT2D eigenvalue weighted by Crippen LogP contribution is -2.25. The van der Waals surface area contributed by atoms with Gasteiger partial charge in [0.2, 0.25) is 0 Å². The molecule has 0 fully saturated rings. The van der Waals surface area contributed by atoms with Crippen molar-refractivity contribution in [3.8, 4) is 5.69 Å². The second-order valence-corrected chi connectivity index (χ2v) is 6.90. The molecule has 26 heavy (non-hydrogen) atoms. The average Bonchev–Trinajstić information content (AvgIpc) is 3.03. The number of rotatable bonds is 6. The van der Waals surface area contributed by atoms with Crippen molar-refractivity contribution >= 4 is 17.7 Å². The fraction of sp³-hybridized carbons (Fsp3) is 0.211. The lowest BCUT2D eigenvalue weighted by atomic mass is 10.2. The van der Waals surface area contributed by atoms with Crippen molar-refractivity contribution < 1.29 is 9.18 Å². The molecule has 1 amide bonds. The second-order valence-electron chi connectivity index (χ2n) is 5.67. The first-order valence-electron chi connectivity index (χ1n) is 8.27. The molecule has 0 saturated carbocycles. The van der Waals surface area contributed by atoms with Crippen molar-refractivity contribution in [2.75, 3.05) is 5.75 Å². The summed E-state index contributed by atoms with van der Waals surface area (Å²) in [5.74, 6) is 0.418. The number of thioether (sulfide) groups is 1. The summed E-state index contributed by atoms with van der Waals surface area (Å²) in [6.07, 6.45) is 0. The van der Waals surface area contributed by atoms with Gasteiger partial charge in [0.1, 0.15) is 5.82 Å². The van der Waals surface area contributed by atoms with E-state index in [0.29, 0.717) is 5.82 Å². The van der Waals surface area contributed by atoms with Crippen LogP contribution in [0, 0.1) is 12.7 Å². The van der Waals surface area contributed by atoms with Gasteiger partial charge in [-0.05, 0) is 42.5 Å². The van der Waals surface area contributed by atoms with E-state index >= 15 is 0 Å². The Bertz CT molecular complexity index is 925. The zero-order valence-corrected chi connectivity index (χ0v) is 15.4. The molecule has 3 rings (SSSR count). The summed E-state index contributed by atoms with van der Waals surface area (Å²) in [5.41, 5.74) is 2.06. The van der Waals surface area contributed by atoms with Crippen LogP contribution in [-0.4, -0.2) is 26.4 Å². The summed E-state index contributed by atoms with van der Waals surface area (Å²) in [5, 5.41) is 11.9. The van der Waals surface area contributed by atoms with Crippen LogP contribution in [0.5, 0.6) is 0 Å². The Hall–Kier alpha value is -2.67. The minimum absolute atomic E-state index is 0.0114. The van der Waals surface area contributed by atoms with Gasteiger partial charge in [0.25, 0.3) is 5.91 Å². The van der Waals surface area contributed by atoms with Crippen LogP contribution in [-0.2, 0) is 6.54 Å². The molecule has 0 radical (unpaired) electrons. The number of nitrogens with zero attached hydrogens (tertiary/aromatic N) is 3. The number of benzene rings is 2. The van der Waals surface area contributed by atoms with Gasteiger partial charge in [-0.2, -0.15) is 0 Å². The third-order valence-electron chi connectivity index (χ3n) is 3.76. The molecule has 2 aromatic carbocycles. The van der Waals surface area contributed by atoms with E-state index < -0.39 is 11.7 Å². The predicted octanol–water partition coefficient (Wildman–Crippen LogP) is 3.76. The number of hydrogen-bond acceptors (Lipinski definition) is 4. The summed E-state index contributed by atoms with van der Waals surface area (Å²) in [7, 11) is 0. The third-order valence-corrected chi connectivity index (χ3v) is 4.57. The van der Waals surface area contributed by atoms with Gasteiger partial charge in [0.15, 0.2) is 11.0 Å². The minimum atomic E-state index is -0.549. The molecule has 0 aliphatic heterocycles. The minimum Gasteiger partial charge on any atom is -0.345 e. The molecule has 0 unspecified atom stereocenters. The van der Waals surface area contributed by atoms with Crippen molar-refractivity contribution in [2.24, 2.45) is 0 Å². The van der Waals surface area contributed by atoms with E-state index in [0.717, 1.165) is 22.2 Å². The van der Waals surface area contributed by atoms with Gasteiger partial charge in [0, 0.05) is 5.69 Å². The highest BCUT2D eigenvalue weighted by Gasteiger charge is 2.16. The molecule has 1 heterocycles. The quantitative estimate of drug-likeness (QED) is 0.671. The highest BCUT2D eigenvalue weighted by atomic mass is 32.2. The molecule has 3 aromatic rings. The van der Waals surface area contributed by atoms with Gasteiger partial charge in [-0.25, -0.2) is 4.39 Å². The maximum absolute atomic E-state index is 13.8. The first-order valence-corrected chi connectivity index (χ1v) is 9.25. The highest BCUT2D eigenvalue weighted by molar-refractivity contribution is 7.99. The molecule has 7 heteroatoms. The van der Waals surface area contributed by atoms with E-state index in [2.05, 4.69) is 15.5 Å². The summed E-state index contributed by atoms with van der Waals surface area (Å²) >= 11 is 1.57. The number of carbonyl (C=O) groups is 1. The monoisotopic (exact) mass is 370 g/mol. The number of aryl methyl sites for hydroxylation is 1. The molecule has 0 spiro atoms. The lowest BCUT2D eigenvalue weighted by Gasteiger charge is -2.11. The molecule has 0 aliphatic carbocycles. The summed E-state index contributed by atoms with van der Waals surface area (Å²) in [6, 6.07) is 13.9. The summed E-state index contributed by atoms with van der Waals surface area (Å²) in [4.78, 5) is 12.3. The SMILES string of the molecule is CCSc1nnc(CNC(=O)c2ccccc2F)n1-c1cccc(C)c1. The van der Waals surface area contributed by atoms with Crippen LogP contribution in [0.25, 0.3) is 5.69 Å². The molecule has 5 nitrogen and oxygen atoms in total. The zero-order chi connectivity index (χ0) is 18.5. The zero-order valence-electron chi connectivity index (χ0n) is 14.6. The molecule has 1 aromatic heterocycles. The largest absolute Gasteiger partial charge is 0.345 e. The number of nitrogens with one attached hydrogen (secondary N) is 1. The summed E-state index contributed by atoms with van der Waals surface area (Å²) in [6.45, 7) is 4.21. The van der Waals surface area contributed by atoms with Crippen molar-refractivity contribution in [3.05, 3.63) is 71.3 Å². The van der Waals surface area contributed by atoms with E-state index in [1.165, 1.54) is 12.1 Å². The average molecular weight is 370 g/mol. The van der Waals surface area contributed by atoms with Crippen molar-refractivity contribution in [2.45, 2.75) is 25.5 Å². The van der Waals surface area contributed by atoms with Crippen molar-refractivity contribution in [1.29, 1.82) is 0 Å². The molecular weight excluding hydrogens is 351 g/mol. The van der Waals surface area contributed by atoms with Gasteiger partial charge < -0.3 is 5.32 Å². The van der Waals surface area contributed by atoms with E-state index in [4.69, 9.17) is 0 Å². The Balaban J connectivity index is 1.86. The molecule has 0 bridgehead atoms. The molecule has 0 aliphatic rings. The Morgan fingerprint density at radius 2 is 2.00 bits per heavy atom. The molecule has 0 atom stereocenters. The van der Waals surface area contributed by atoms with Crippen LogP contribution < -0.4 is 5.32 Å². The Morgan fingerprint density at radius 3 is 2.73 bits per heavy atom. The number of hydrogen-bond donors (Lipinski definition) is 1. The molecule has 134 valence electrons. The normalized spacial score (nSPS) is 10.7. The van der Waals surface area contributed by atoms with Crippen LogP contribution in [0.3, 0.4) is 0 Å². The Labute approximate surface area is 155 Å². The molecule has 1 N–H and O–H groups in total. The van der Waals surface area contributed by atoms with Gasteiger partial charge in [-0.1, -0.05) is 43.0 Å². The number of amides is 1. The van der Waals surface area contributed by atoms with Gasteiger partial charge >= 0.3 is 0 Å². The maximum atomic E-state index is 13.8. The Kier molecular flexibility index (Phi) is 5.68. The topological polar surface area (TPSA) is 59.8 Å². The summed E-state index contributed by atoms with van der Waals surface area (Å²) < 4.78 is 15.7. The van der Waals surface area contributed by atoms with Crippen LogP contribution in [0.4, 0.5) is 4.39 Å². The van der Waals surface area contributed by atoms with E-state index in [1.807, 2.05) is 42.7 Å². The van der Waals surface area contributed by atoms with E-state index in [1.54, 1.807) is 23.9 Å². The number of aromatic nitrogens is 3. The Morgan fingerprint density at radius 1 is 1.19 bits per heavy atom. The second kappa shape index (κ2) is 8.14. The van der Waals surface area contributed by atoms with Crippen LogP contribution in [0.2, 0.25) is 0 Å². The third kappa shape index (κ3) is 3.94. The van der Waals surface area contributed by atoms with Crippen molar-refractivity contribution in [3.63, 3.8) is 0 Å². The fourth-order valence-electron chi connectivity index (χ4n) is 2.56. The molecular formula is C19H19FN4OS. The van der Waals surface area contributed by atoms with E-state index in [9.17, 15) is 9.18 Å². The fourth-order valence-corrected chi connectivity index (χ4v) is 3.26. The maximum Gasteiger partial charge on any atom is 0.254 e. The standard InChI is InChI=1S/C19H19FN4OS/c1-3-26-19-23-22-17(24(19)14-8-6-7-13(2)11-14)12-21-18(25)15-9-4-5-10-16(15)20/h4-11H,3,12H2,1-2H3,(H,21,25). The van der Waals surface area contributed by atoms with Crippen LogP contribution in [0.1, 0.15) is 28.7 Å². The lowest BCUT2D eigenvalue weighted by molar-refractivity contribution is 0.0945. The van der Waals surface area contributed by atoms with Gasteiger partial charge in [0.05, 0.1) is 12.1 Å². The number of carbonyl (C=O) groups excluding carboxylic acids is 1. The first-order chi connectivity index (χ1) is 12.6. The smallest absolute Gasteiger partial charge is 0.254 e. The van der Waals surface area contributed by atoms with Crippen LogP contribution >= 0.6 is 11.8 Å². The van der Waals surface area contributed by atoms with Gasteiger partial charge in [-0.15, -0.1) is 10.2 Å². The van der Waals surface area contributed by atoms with Crippen LogP contribution in [0.15, 0.2) is 53.7 Å².